The molecule has 1 aliphatic rings. The second-order valence-corrected chi connectivity index (χ2v) is 11.7. The van der Waals surface area contributed by atoms with Gasteiger partial charge < -0.3 is 0 Å². The van der Waals surface area contributed by atoms with Crippen molar-refractivity contribution in [2.24, 2.45) is 4.36 Å². The van der Waals surface area contributed by atoms with Gasteiger partial charge in [0.05, 0.1) is 21.1 Å². The van der Waals surface area contributed by atoms with Crippen LogP contribution < -0.4 is 0 Å². The van der Waals surface area contributed by atoms with Crippen LogP contribution in [0.3, 0.4) is 0 Å². The van der Waals surface area contributed by atoms with Crippen molar-refractivity contribution in [2.45, 2.75) is 9.79 Å². The lowest BCUT2D eigenvalue weighted by Gasteiger charge is -2.24. The van der Waals surface area contributed by atoms with Gasteiger partial charge >= 0.3 is 0 Å². The average Bonchev–Trinajstić information content (AvgIpc) is 3.06. The Morgan fingerprint density at radius 2 is 0.878 bits per heavy atom. The van der Waals surface area contributed by atoms with Crippen molar-refractivity contribution >= 4 is 21.0 Å². The number of aromatic nitrogens is 3. The molecule has 7 rings (SSSR count). The van der Waals surface area contributed by atoms with Gasteiger partial charge in [-0.25, -0.2) is 19.2 Å². The number of fused-ring (bicyclic) bond motifs is 1. The number of hydrogen-bond donors (Lipinski definition) is 0. The highest BCUT2D eigenvalue weighted by molar-refractivity contribution is 7.94. The molecular formula is C35H24N4OS. The second kappa shape index (κ2) is 10.4. The van der Waals surface area contributed by atoms with Crippen LogP contribution >= 0.6 is 0 Å². The Balaban J connectivity index is 1.59. The summed E-state index contributed by atoms with van der Waals surface area (Å²) in [5.41, 5.74) is 4.69. The van der Waals surface area contributed by atoms with E-state index in [9.17, 15) is 4.21 Å². The monoisotopic (exact) mass is 548 g/mol. The fraction of sp³-hybridized carbons (Fsp3) is 0. The van der Waals surface area contributed by atoms with Gasteiger partial charge in [-0.05, 0) is 18.2 Å². The van der Waals surface area contributed by atoms with E-state index < -0.39 is 9.73 Å². The highest BCUT2D eigenvalue weighted by atomic mass is 32.2. The summed E-state index contributed by atoms with van der Waals surface area (Å²) in [6, 6.07) is 46.8. The summed E-state index contributed by atoms with van der Waals surface area (Å²) in [6.45, 7) is 0. The minimum atomic E-state index is -3.00. The molecule has 0 amide bonds. The maximum atomic E-state index is 14.9. The van der Waals surface area contributed by atoms with Crippen molar-refractivity contribution in [1.82, 2.24) is 15.0 Å². The van der Waals surface area contributed by atoms with Gasteiger partial charge in [0, 0.05) is 22.3 Å². The van der Waals surface area contributed by atoms with Gasteiger partial charge in [-0.3, -0.25) is 0 Å². The molecule has 0 radical (unpaired) electrons. The highest BCUT2D eigenvalue weighted by Crippen LogP contribution is 2.43. The van der Waals surface area contributed by atoms with E-state index in [4.69, 9.17) is 19.3 Å². The maximum Gasteiger partial charge on any atom is 0.166 e. The number of benzene rings is 5. The van der Waals surface area contributed by atoms with Crippen LogP contribution in [0.4, 0.5) is 0 Å². The Hall–Kier alpha value is -5.20. The lowest BCUT2D eigenvalue weighted by molar-refractivity contribution is 0.676. The fourth-order valence-corrected chi connectivity index (χ4v) is 7.16. The van der Waals surface area contributed by atoms with Crippen LogP contribution in [-0.4, -0.2) is 19.2 Å². The van der Waals surface area contributed by atoms with E-state index in [1.54, 1.807) is 0 Å². The summed E-state index contributed by atoms with van der Waals surface area (Å²) >= 11 is 0. The van der Waals surface area contributed by atoms with Crippen molar-refractivity contribution in [3.05, 3.63) is 163 Å². The summed E-state index contributed by atoms with van der Waals surface area (Å²) < 4.78 is 20.0. The van der Waals surface area contributed by atoms with E-state index in [0.717, 1.165) is 27.8 Å². The first-order valence-corrected chi connectivity index (χ1v) is 14.8. The number of hydrogen-bond acceptors (Lipinski definition) is 5. The van der Waals surface area contributed by atoms with E-state index in [1.807, 2.05) is 146 Å². The zero-order chi connectivity index (χ0) is 27.6. The molecule has 1 unspecified atom stereocenters. The SMILES string of the molecule is O=S1(c2ccccc2)=NC(c2ccccc2)=C(c2nc(-c3ccccc3)nc(-c3ccccc3)n2)c2ccccc21. The molecule has 6 heteroatoms. The van der Waals surface area contributed by atoms with Gasteiger partial charge in [-0.2, -0.15) is 4.36 Å². The van der Waals surface area contributed by atoms with E-state index in [2.05, 4.69) is 0 Å². The van der Waals surface area contributed by atoms with Crippen molar-refractivity contribution in [1.29, 1.82) is 0 Å². The standard InChI is InChI=1S/C35H24N4OS/c40-41(28-21-11-4-12-22-28)30-24-14-13-23-29(30)31(32(39-41)25-15-5-1-6-16-25)35-37-33(26-17-7-2-8-18-26)36-34(38-35)27-19-9-3-10-20-27/h1-24H. The zero-order valence-electron chi connectivity index (χ0n) is 22.0. The summed E-state index contributed by atoms with van der Waals surface area (Å²) in [6.07, 6.45) is 0. The molecule has 1 atom stereocenters. The third-order valence-electron chi connectivity index (χ3n) is 6.94. The third-order valence-corrected chi connectivity index (χ3v) is 9.25. The predicted molar refractivity (Wildman–Crippen MR) is 163 cm³/mol. The normalized spacial score (nSPS) is 16.1. The van der Waals surface area contributed by atoms with E-state index >= 15 is 0 Å². The van der Waals surface area contributed by atoms with E-state index in [0.29, 0.717) is 33.0 Å². The molecule has 0 aliphatic carbocycles. The molecule has 0 spiro atoms. The average molecular weight is 549 g/mol. The van der Waals surface area contributed by atoms with Gasteiger partial charge in [-0.15, -0.1) is 0 Å². The molecule has 6 aromatic rings. The van der Waals surface area contributed by atoms with Crippen LogP contribution in [0, 0.1) is 0 Å². The Morgan fingerprint density at radius 1 is 0.439 bits per heavy atom. The lowest BCUT2D eigenvalue weighted by atomic mass is 9.98. The quantitative estimate of drug-likeness (QED) is 0.219. The van der Waals surface area contributed by atoms with Crippen molar-refractivity contribution < 1.29 is 4.21 Å². The van der Waals surface area contributed by atoms with Crippen LogP contribution in [0.2, 0.25) is 0 Å². The Kier molecular flexibility index (Phi) is 6.30. The molecule has 5 aromatic carbocycles. The molecule has 2 heterocycles. The molecule has 0 N–H and O–H groups in total. The van der Waals surface area contributed by atoms with Crippen LogP contribution in [0.1, 0.15) is 17.0 Å². The molecule has 0 fully saturated rings. The lowest BCUT2D eigenvalue weighted by Crippen LogP contribution is -2.14. The van der Waals surface area contributed by atoms with Gasteiger partial charge in [0.15, 0.2) is 17.5 Å². The van der Waals surface area contributed by atoms with Crippen LogP contribution in [-0.2, 0) is 9.73 Å². The van der Waals surface area contributed by atoms with E-state index in [1.165, 1.54) is 0 Å². The highest BCUT2D eigenvalue weighted by Gasteiger charge is 2.31. The first-order chi connectivity index (χ1) is 20.2. The molecule has 1 aromatic heterocycles. The summed E-state index contributed by atoms with van der Waals surface area (Å²) in [4.78, 5) is 16.2. The molecule has 0 saturated heterocycles. The molecule has 196 valence electrons. The summed E-state index contributed by atoms with van der Waals surface area (Å²) in [7, 11) is -3.00. The zero-order valence-corrected chi connectivity index (χ0v) is 22.8. The Labute approximate surface area is 239 Å². The minimum absolute atomic E-state index is 0.474. The number of rotatable bonds is 5. The summed E-state index contributed by atoms with van der Waals surface area (Å²) in [5, 5.41) is 0. The van der Waals surface area contributed by atoms with Crippen molar-refractivity contribution in [3.63, 3.8) is 0 Å². The van der Waals surface area contributed by atoms with Gasteiger partial charge in [0.1, 0.15) is 9.73 Å². The van der Waals surface area contributed by atoms with Crippen LogP contribution in [0.5, 0.6) is 0 Å². The van der Waals surface area contributed by atoms with Crippen LogP contribution in [0.25, 0.3) is 34.0 Å². The number of nitrogens with zero attached hydrogens (tertiary/aromatic N) is 4. The molecule has 0 bridgehead atoms. The van der Waals surface area contributed by atoms with Crippen LogP contribution in [0.15, 0.2) is 160 Å². The molecule has 41 heavy (non-hydrogen) atoms. The molecule has 5 nitrogen and oxygen atoms in total. The largest absolute Gasteiger partial charge is 0.239 e. The van der Waals surface area contributed by atoms with Gasteiger partial charge in [0.2, 0.25) is 0 Å². The Morgan fingerprint density at radius 3 is 1.44 bits per heavy atom. The summed E-state index contributed by atoms with van der Waals surface area (Å²) in [5.74, 6) is 1.59. The smallest absolute Gasteiger partial charge is 0.166 e. The van der Waals surface area contributed by atoms with Crippen molar-refractivity contribution in [3.8, 4) is 22.8 Å². The predicted octanol–water partition coefficient (Wildman–Crippen LogP) is 8.02. The fourth-order valence-electron chi connectivity index (χ4n) is 4.99. The topological polar surface area (TPSA) is 68.1 Å². The van der Waals surface area contributed by atoms with Gasteiger partial charge in [-0.1, -0.05) is 127 Å². The second-order valence-electron chi connectivity index (χ2n) is 9.55. The van der Waals surface area contributed by atoms with Gasteiger partial charge in [0.25, 0.3) is 0 Å². The Bertz CT molecular complexity index is 1960. The molecule has 0 saturated carbocycles. The van der Waals surface area contributed by atoms with Crippen molar-refractivity contribution in [2.75, 3.05) is 0 Å². The van der Waals surface area contributed by atoms with E-state index in [-0.39, 0.29) is 0 Å². The molecule has 1 aliphatic heterocycles. The maximum absolute atomic E-state index is 14.9. The minimum Gasteiger partial charge on any atom is -0.239 e. The first-order valence-electron chi connectivity index (χ1n) is 13.3. The third kappa shape index (κ3) is 4.54. The molecular weight excluding hydrogens is 524 g/mol. The first kappa shape index (κ1) is 24.8.